The summed E-state index contributed by atoms with van der Waals surface area (Å²) in [7, 11) is 2.08. The van der Waals surface area contributed by atoms with Crippen molar-refractivity contribution in [1.29, 1.82) is 0 Å². The third-order valence-electron chi connectivity index (χ3n) is 3.44. The number of aromatic amines is 1. The minimum absolute atomic E-state index is 0.141. The second-order valence-corrected chi connectivity index (χ2v) is 4.84. The van der Waals surface area contributed by atoms with E-state index in [9.17, 15) is 4.79 Å². The molecule has 3 N–H and O–H groups in total. The van der Waals surface area contributed by atoms with E-state index < -0.39 is 0 Å². The van der Waals surface area contributed by atoms with Crippen LogP contribution >= 0.6 is 0 Å². The number of hydrogen-bond acceptors (Lipinski definition) is 3. The van der Waals surface area contributed by atoms with Gasteiger partial charge in [-0.25, -0.2) is 0 Å². The van der Waals surface area contributed by atoms with Gasteiger partial charge in [-0.3, -0.25) is 4.79 Å². The Kier molecular flexibility index (Phi) is 4.78. The first-order chi connectivity index (χ1) is 8.75. The summed E-state index contributed by atoms with van der Waals surface area (Å²) in [4.78, 5) is 17.2. The van der Waals surface area contributed by atoms with Gasteiger partial charge in [0.15, 0.2) is 0 Å². The Hall–Kier alpha value is -1.33. The quantitative estimate of drug-likeness (QED) is 0.687. The highest BCUT2D eigenvalue weighted by molar-refractivity contribution is 5.76. The largest absolute Gasteiger partial charge is 0.365 e. The molecule has 1 unspecified atom stereocenters. The summed E-state index contributed by atoms with van der Waals surface area (Å²) in [5.74, 6) is 0.141. The fraction of sp³-hybridized carbons (Fsp3) is 0.615. The second-order valence-electron chi connectivity index (χ2n) is 4.84. The van der Waals surface area contributed by atoms with Crippen LogP contribution < -0.4 is 10.6 Å². The lowest BCUT2D eigenvalue weighted by Crippen LogP contribution is -2.51. The standard InChI is InChI=1S/C13H22N4O/c1-17-8-7-14-10-12(17)9-13(18)16-6-4-11-3-2-5-15-11/h2-3,5,12,14-15H,4,6-10H2,1H3,(H,16,18). The van der Waals surface area contributed by atoms with Gasteiger partial charge < -0.3 is 20.5 Å². The Labute approximate surface area is 108 Å². The minimum Gasteiger partial charge on any atom is -0.365 e. The van der Waals surface area contributed by atoms with Crippen LogP contribution in [0.15, 0.2) is 18.3 Å². The Morgan fingerprint density at radius 3 is 3.22 bits per heavy atom. The molecule has 1 amide bonds. The number of nitrogens with one attached hydrogen (secondary N) is 3. The van der Waals surface area contributed by atoms with Crippen LogP contribution in [0.25, 0.3) is 0 Å². The normalized spacial score (nSPS) is 20.8. The maximum atomic E-state index is 11.8. The van der Waals surface area contributed by atoms with E-state index >= 15 is 0 Å². The predicted molar refractivity (Wildman–Crippen MR) is 71.4 cm³/mol. The van der Waals surface area contributed by atoms with Crippen molar-refractivity contribution in [2.24, 2.45) is 0 Å². The lowest BCUT2D eigenvalue weighted by Gasteiger charge is -2.32. The molecule has 2 heterocycles. The van der Waals surface area contributed by atoms with Gasteiger partial charge in [0.1, 0.15) is 0 Å². The van der Waals surface area contributed by atoms with Crippen LogP contribution in [-0.2, 0) is 11.2 Å². The number of hydrogen-bond donors (Lipinski definition) is 3. The first-order valence-electron chi connectivity index (χ1n) is 6.55. The molecule has 1 aliphatic rings. The predicted octanol–water partition coefficient (Wildman–Crippen LogP) is -0.0329. The molecule has 1 aliphatic heterocycles. The summed E-state index contributed by atoms with van der Waals surface area (Å²) in [6, 6.07) is 4.33. The molecule has 1 saturated heterocycles. The highest BCUT2D eigenvalue weighted by Crippen LogP contribution is 2.04. The highest BCUT2D eigenvalue weighted by atomic mass is 16.1. The van der Waals surface area contributed by atoms with Crippen molar-refractivity contribution < 1.29 is 4.79 Å². The molecular weight excluding hydrogens is 228 g/mol. The van der Waals surface area contributed by atoms with Crippen LogP contribution in [0, 0.1) is 0 Å². The monoisotopic (exact) mass is 250 g/mol. The maximum absolute atomic E-state index is 11.8. The smallest absolute Gasteiger partial charge is 0.221 e. The molecule has 100 valence electrons. The molecule has 1 aromatic heterocycles. The third-order valence-corrected chi connectivity index (χ3v) is 3.44. The van der Waals surface area contributed by atoms with E-state index in [4.69, 9.17) is 0 Å². The van der Waals surface area contributed by atoms with E-state index in [1.807, 2.05) is 18.3 Å². The topological polar surface area (TPSA) is 60.2 Å². The first-order valence-corrected chi connectivity index (χ1v) is 6.55. The number of rotatable bonds is 5. The molecule has 1 fully saturated rings. The van der Waals surface area contributed by atoms with Crippen molar-refractivity contribution >= 4 is 5.91 Å². The van der Waals surface area contributed by atoms with Crippen molar-refractivity contribution in [3.63, 3.8) is 0 Å². The molecule has 0 aliphatic carbocycles. The van der Waals surface area contributed by atoms with E-state index in [2.05, 4.69) is 27.6 Å². The summed E-state index contributed by atoms with van der Waals surface area (Å²) in [5, 5.41) is 6.30. The van der Waals surface area contributed by atoms with Crippen LogP contribution in [0.1, 0.15) is 12.1 Å². The molecule has 1 atom stereocenters. The van der Waals surface area contributed by atoms with Crippen molar-refractivity contribution in [3.05, 3.63) is 24.0 Å². The Morgan fingerprint density at radius 2 is 2.50 bits per heavy atom. The molecule has 0 saturated carbocycles. The van der Waals surface area contributed by atoms with Crippen LogP contribution in [-0.4, -0.2) is 55.1 Å². The Morgan fingerprint density at radius 1 is 1.61 bits per heavy atom. The molecule has 0 radical (unpaired) electrons. The molecule has 5 heteroatoms. The summed E-state index contributed by atoms with van der Waals surface area (Å²) < 4.78 is 0. The van der Waals surface area contributed by atoms with Gasteiger partial charge in [0.25, 0.3) is 0 Å². The van der Waals surface area contributed by atoms with Crippen LogP contribution in [0.4, 0.5) is 0 Å². The van der Waals surface area contributed by atoms with Crippen LogP contribution in [0.3, 0.4) is 0 Å². The zero-order valence-corrected chi connectivity index (χ0v) is 10.9. The fourth-order valence-corrected chi connectivity index (χ4v) is 2.24. The summed E-state index contributed by atoms with van der Waals surface area (Å²) in [5.41, 5.74) is 1.16. The van der Waals surface area contributed by atoms with Gasteiger partial charge in [0.05, 0.1) is 0 Å². The lowest BCUT2D eigenvalue weighted by molar-refractivity contribution is -0.122. The fourth-order valence-electron chi connectivity index (χ4n) is 2.24. The van der Waals surface area contributed by atoms with Crippen LogP contribution in [0.2, 0.25) is 0 Å². The number of carbonyl (C=O) groups excluding carboxylic acids is 1. The molecule has 0 spiro atoms. The van der Waals surface area contributed by atoms with E-state index in [1.54, 1.807) is 0 Å². The number of likely N-dealkylation sites (N-methyl/N-ethyl adjacent to an activating group) is 1. The Balaban J connectivity index is 1.65. The number of piperazine rings is 1. The SMILES string of the molecule is CN1CCNCC1CC(=O)NCCc1ccc[nH]1. The highest BCUT2D eigenvalue weighted by Gasteiger charge is 2.20. The van der Waals surface area contributed by atoms with Gasteiger partial charge in [0, 0.05) is 57.0 Å². The molecule has 1 aromatic rings. The first kappa shape index (κ1) is 13.1. The van der Waals surface area contributed by atoms with Gasteiger partial charge in [-0.2, -0.15) is 0 Å². The van der Waals surface area contributed by atoms with Gasteiger partial charge in [-0.15, -0.1) is 0 Å². The number of H-pyrrole nitrogens is 1. The third kappa shape index (κ3) is 3.85. The number of nitrogens with zero attached hydrogens (tertiary/aromatic N) is 1. The molecule has 5 nitrogen and oxygen atoms in total. The number of carbonyl (C=O) groups is 1. The van der Waals surface area contributed by atoms with Crippen molar-refractivity contribution in [3.8, 4) is 0 Å². The molecule has 2 rings (SSSR count). The van der Waals surface area contributed by atoms with Gasteiger partial charge in [-0.1, -0.05) is 0 Å². The molecule has 0 bridgehead atoms. The van der Waals surface area contributed by atoms with Gasteiger partial charge >= 0.3 is 0 Å². The number of aromatic nitrogens is 1. The summed E-state index contributed by atoms with van der Waals surface area (Å²) >= 11 is 0. The van der Waals surface area contributed by atoms with Crippen molar-refractivity contribution in [2.75, 3.05) is 33.2 Å². The molecule has 0 aromatic carbocycles. The van der Waals surface area contributed by atoms with Crippen molar-refractivity contribution in [2.45, 2.75) is 18.9 Å². The number of amides is 1. The van der Waals surface area contributed by atoms with E-state index in [0.29, 0.717) is 19.0 Å². The van der Waals surface area contributed by atoms with Gasteiger partial charge in [0.2, 0.25) is 5.91 Å². The van der Waals surface area contributed by atoms with E-state index in [0.717, 1.165) is 31.7 Å². The summed E-state index contributed by atoms with van der Waals surface area (Å²) in [6.07, 6.45) is 3.34. The molecule has 18 heavy (non-hydrogen) atoms. The lowest BCUT2D eigenvalue weighted by atomic mass is 10.1. The zero-order valence-electron chi connectivity index (χ0n) is 10.9. The zero-order chi connectivity index (χ0) is 12.8. The average Bonchev–Trinajstić information content (AvgIpc) is 2.85. The van der Waals surface area contributed by atoms with E-state index in [1.165, 1.54) is 0 Å². The molecular formula is C13H22N4O. The van der Waals surface area contributed by atoms with Crippen LogP contribution in [0.5, 0.6) is 0 Å². The summed E-state index contributed by atoms with van der Waals surface area (Å²) in [6.45, 7) is 3.63. The minimum atomic E-state index is 0.141. The van der Waals surface area contributed by atoms with Crippen molar-refractivity contribution in [1.82, 2.24) is 20.5 Å². The average molecular weight is 250 g/mol. The van der Waals surface area contributed by atoms with Gasteiger partial charge in [-0.05, 0) is 19.2 Å². The second kappa shape index (κ2) is 6.56. The maximum Gasteiger partial charge on any atom is 0.221 e. The Bertz CT molecular complexity index is 363. The van der Waals surface area contributed by atoms with E-state index in [-0.39, 0.29) is 5.91 Å².